The number of likely N-dealkylation sites (tertiary alicyclic amines) is 1. The van der Waals surface area contributed by atoms with Gasteiger partial charge in [0.25, 0.3) is 0 Å². The monoisotopic (exact) mass is 370 g/mol. The van der Waals surface area contributed by atoms with Crippen molar-refractivity contribution in [2.24, 2.45) is 0 Å². The molecule has 0 aliphatic carbocycles. The largest absolute Gasteiger partial charge is 0.489 e. The maximum Gasteiger partial charge on any atom is 0.416 e. The van der Waals surface area contributed by atoms with Gasteiger partial charge in [0.1, 0.15) is 23.5 Å². The molecule has 26 heavy (non-hydrogen) atoms. The number of amides is 1. The number of carbonyl (C=O) groups excluding carboxylic acids is 1. The first-order chi connectivity index (χ1) is 12.0. The van der Waals surface area contributed by atoms with E-state index in [1.165, 1.54) is 0 Å². The van der Waals surface area contributed by atoms with Gasteiger partial charge >= 0.3 is 12.3 Å². The van der Waals surface area contributed by atoms with Crippen LogP contribution in [0.3, 0.4) is 0 Å². The van der Waals surface area contributed by atoms with E-state index < -0.39 is 23.4 Å². The van der Waals surface area contributed by atoms with Crippen LogP contribution in [0, 0.1) is 11.3 Å². The number of piperidine rings is 1. The number of carbonyl (C=O) groups is 1. The van der Waals surface area contributed by atoms with E-state index in [4.69, 9.17) is 14.7 Å². The van der Waals surface area contributed by atoms with Crippen LogP contribution < -0.4 is 4.74 Å². The Balaban J connectivity index is 2.01. The molecule has 1 saturated heterocycles. The van der Waals surface area contributed by atoms with E-state index >= 15 is 0 Å². The Morgan fingerprint density at radius 1 is 1.23 bits per heavy atom. The van der Waals surface area contributed by atoms with E-state index in [-0.39, 0.29) is 17.4 Å². The number of rotatable bonds is 2. The zero-order chi connectivity index (χ0) is 19.5. The van der Waals surface area contributed by atoms with Crippen LogP contribution in [0.15, 0.2) is 18.2 Å². The van der Waals surface area contributed by atoms with Crippen molar-refractivity contribution in [3.05, 3.63) is 29.3 Å². The number of ether oxygens (including phenoxy) is 2. The summed E-state index contributed by atoms with van der Waals surface area (Å²) in [7, 11) is 0. The minimum atomic E-state index is -4.51. The van der Waals surface area contributed by atoms with E-state index in [1.807, 2.05) is 6.07 Å². The van der Waals surface area contributed by atoms with Crippen molar-refractivity contribution in [2.75, 3.05) is 13.1 Å². The van der Waals surface area contributed by atoms with Crippen LogP contribution in [-0.4, -0.2) is 35.8 Å². The quantitative estimate of drug-likeness (QED) is 0.776. The SMILES string of the molecule is CC(C)(C)OC(=O)N1CCC(Oc2cc(C(F)(F)F)ccc2C#N)CC1. The zero-order valence-corrected chi connectivity index (χ0v) is 14.9. The molecule has 0 unspecified atom stereocenters. The van der Waals surface area contributed by atoms with Crippen LogP contribution in [-0.2, 0) is 10.9 Å². The zero-order valence-electron chi connectivity index (χ0n) is 14.9. The molecule has 1 aromatic carbocycles. The summed E-state index contributed by atoms with van der Waals surface area (Å²) in [5.41, 5.74) is -1.41. The van der Waals surface area contributed by atoms with E-state index in [1.54, 1.807) is 25.7 Å². The van der Waals surface area contributed by atoms with Gasteiger partial charge in [-0.3, -0.25) is 0 Å². The molecule has 2 rings (SSSR count). The number of benzene rings is 1. The molecule has 0 N–H and O–H groups in total. The first-order valence-electron chi connectivity index (χ1n) is 8.25. The third-order valence-electron chi connectivity index (χ3n) is 3.82. The van der Waals surface area contributed by atoms with Crippen molar-refractivity contribution >= 4 is 6.09 Å². The molecule has 0 aromatic heterocycles. The molecule has 1 aliphatic heterocycles. The number of hydrogen-bond donors (Lipinski definition) is 0. The van der Waals surface area contributed by atoms with Crippen LogP contribution in [0.4, 0.5) is 18.0 Å². The first kappa shape index (κ1) is 19.9. The predicted molar refractivity (Wildman–Crippen MR) is 87.6 cm³/mol. The summed E-state index contributed by atoms with van der Waals surface area (Å²) in [4.78, 5) is 13.6. The van der Waals surface area contributed by atoms with E-state index in [9.17, 15) is 18.0 Å². The van der Waals surface area contributed by atoms with Gasteiger partial charge in [-0.25, -0.2) is 4.79 Å². The van der Waals surface area contributed by atoms with Crippen LogP contribution in [0.5, 0.6) is 5.75 Å². The van der Waals surface area contributed by atoms with Crippen molar-refractivity contribution in [1.82, 2.24) is 4.90 Å². The van der Waals surface area contributed by atoms with Crippen molar-refractivity contribution < 1.29 is 27.4 Å². The molecule has 1 amide bonds. The molecule has 0 radical (unpaired) electrons. The van der Waals surface area contributed by atoms with Crippen LogP contribution >= 0.6 is 0 Å². The van der Waals surface area contributed by atoms with Crippen LogP contribution in [0.1, 0.15) is 44.7 Å². The standard InChI is InChI=1S/C18H21F3N2O3/c1-17(2,3)26-16(24)23-8-6-14(7-9-23)25-15-10-13(18(19,20)21)5-4-12(15)11-22/h4-5,10,14H,6-9H2,1-3H3. The smallest absolute Gasteiger partial charge is 0.416 e. The Hall–Kier alpha value is -2.43. The number of hydrogen-bond acceptors (Lipinski definition) is 4. The normalized spacial score (nSPS) is 16.1. The number of halogens is 3. The fraction of sp³-hybridized carbons (Fsp3) is 0.556. The Morgan fingerprint density at radius 3 is 2.35 bits per heavy atom. The van der Waals surface area contributed by atoms with Crippen LogP contribution in [0.25, 0.3) is 0 Å². The summed E-state index contributed by atoms with van der Waals surface area (Å²) >= 11 is 0. The van der Waals surface area contributed by atoms with Gasteiger partial charge in [0.2, 0.25) is 0 Å². The van der Waals surface area contributed by atoms with Gasteiger partial charge in [-0.15, -0.1) is 0 Å². The Morgan fingerprint density at radius 2 is 1.85 bits per heavy atom. The summed E-state index contributed by atoms with van der Waals surface area (Å²) < 4.78 is 49.5. The van der Waals surface area contributed by atoms with Gasteiger partial charge < -0.3 is 14.4 Å². The molecule has 1 fully saturated rings. The van der Waals surface area contributed by atoms with Crippen molar-refractivity contribution in [3.63, 3.8) is 0 Å². The molecular weight excluding hydrogens is 349 g/mol. The van der Waals surface area contributed by atoms with Gasteiger partial charge in [-0.1, -0.05) is 0 Å². The molecule has 142 valence electrons. The topological polar surface area (TPSA) is 62.6 Å². The summed E-state index contributed by atoms with van der Waals surface area (Å²) in [6.07, 6.45) is -4.41. The molecule has 5 nitrogen and oxygen atoms in total. The minimum absolute atomic E-state index is 0.0487. The van der Waals surface area contributed by atoms with E-state index in [0.717, 1.165) is 18.2 Å². The number of nitrogens with zero attached hydrogens (tertiary/aromatic N) is 2. The summed E-state index contributed by atoms with van der Waals surface area (Å²) in [6, 6.07) is 4.65. The van der Waals surface area contributed by atoms with Crippen molar-refractivity contribution in [3.8, 4) is 11.8 Å². The van der Waals surface area contributed by atoms with Crippen LogP contribution in [0.2, 0.25) is 0 Å². The number of nitriles is 1. The summed E-state index contributed by atoms with van der Waals surface area (Å²) in [6.45, 7) is 6.08. The molecule has 1 heterocycles. The molecule has 0 atom stereocenters. The Labute approximate surface area is 150 Å². The van der Waals surface area contributed by atoms with Gasteiger partial charge in [0, 0.05) is 25.9 Å². The highest BCUT2D eigenvalue weighted by Crippen LogP contribution is 2.34. The molecule has 1 aliphatic rings. The second-order valence-corrected chi connectivity index (χ2v) is 7.11. The second kappa shape index (κ2) is 7.44. The molecule has 0 saturated carbocycles. The molecule has 1 aromatic rings. The Kier molecular flexibility index (Phi) is 5.69. The third-order valence-corrected chi connectivity index (χ3v) is 3.82. The fourth-order valence-electron chi connectivity index (χ4n) is 2.55. The van der Waals surface area contributed by atoms with Gasteiger partial charge in [-0.2, -0.15) is 18.4 Å². The first-order valence-corrected chi connectivity index (χ1v) is 8.25. The third kappa shape index (κ3) is 5.28. The maximum atomic E-state index is 12.9. The molecular formula is C18H21F3N2O3. The highest BCUT2D eigenvalue weighted by atomic mass is 19.4. The summed E-state index contributed by atoms with van der Waals surface area (Å²) in [5.74, 6) is -0.0851. The predicted octanol–water partition coefficient (Wildman–Crippen LogP) is 4.36. The molecule has 8 heteroatoms. The minimum Gasteiger partial charge on any atom is -0.489 e. The highest BCUT2D eigenvalue weighted by Gasteiger charge is 2.32. The van der Waals surface area contributed by atoms with E-state index in [0.29, 0.717) is 25.9 Å². The lowest BCUT2D eigenvalue weighted by atomic mass is 10.1. The van der Waals surface area contributed by atoms with Crippen molar-refractivity contribution in [1.29, 1.82) is 5.26 Å². The fourth-order valence-corrected chi connectivity index (χ4v) is 2.55. The average Bonchev–Trinajstić information content (AvgIpc) is 2.53. The van der Waals surface area contributed by atoms with Gasteiger partial charge in [0.05, 0.1) is 11.1 Å². The molecule has 0 bridgehead atoms. The number of alkyl halides is 3. The lowest BCUT2D eigenvalue weighted by Gasteiger charge is -2.33. The van der Waals surface area contributed by atoms with Crippen molar-refractivity contribution in [2.45, 2.75) is 51.5 Å². The van der Waals surface area contributed by atoms with Gasteiger partial charge in [-0.05, 0) is 39.0 Å². The highest BCUT2D eigenvalue weighted by molar-refractivity contribution is 5.68. The lowest BCUT2D eigenvalue weighted by molar-refractivity contribution is -0.137. The lowest BCUT2D eigenvalue weighted by Crippen LogP contribution is -2.44. The maximum absolute atomic E-state index is 12.9. The second-order valence-electron chi connectivity index (χ2n) is 7.11. The van der Waals surface area contributed by atoms with E-state index in [2.05, 4.69) is 0 Å². The van der Waals surface area contributed by atoms with Gasteiger partial charge in [0.15, 0.2) is 0 Å². The Bertz CT molecular complexity index is 697. The summed E-state index contributed by atoms with van der Waals surface area (Å²) in [5, 5.41) is 9.08. The average molecular weight is 370 g/mol. The molecule has 0 spiro atoms.